The van der Waals surface area contributed by atoms with E-state index in [1.165, 1.54) is 16.2 Å². The van der Waals surface area contributed by atoms with E-state index < -0.39 is 5.91 Å². The van der Waals surface area contributed by atoms with Gasteiger partial charge in [-0.1, -0.05) is 38.5 Å². The maximum atomic E-state index is 12.6. The molecule has 1 unspecified atom stereocenters. The van der Waals surface area contributed by atoms with Crippen molar-refractivity contribution >= 4 is 45.5 Å². The van der Waals surface area contributed by atoms with Crippen LogP contribution in [0.3, 0.4) is 0 Å². The first-order valence-electron chi connectivity index (χ1n) is 10.1. The van der Waals surface area contributed by atoms with Crippen LogP contribution in [0.4, 0.5) is 5.00 Å². The average Bonchev–Trinajstić information content (AvgIpc) is 2.97. The molecule has 1 aliphatic rings. The summed E-state index contributed by atoms with van der Waals surface area (Å²) >= 11 is 6.88. The number of hydrogen-bond acceptors (Lipinski definition) is 4. The minimum absolute atomic E-state index is 0.161. The topological polar surface area (TPSA) is 84.2 Å². The van der Waals surface area contributed by atoms with E-state index in [4.69, 9.17) is 18.0 Å². The van der Waals surface area contributed by atoms with Gasteiger partial charge in [0.25, 0.3) is 11.8 Å². The highest BCUT2D eigenvalue weighted by atomic mass is 32.1. The van der Waals surface area contributed by atoms with Crippen molar-refractivity contribution in [2.24, 2.45) is 17.1 Å². The molecule has 4 N–H and O–H groups in total. The molecule has 0 spiro atoms. The van der Waals surface area contributed by atoms with Crippen molar-refractivity contribution in [3.8, 4) is 0 Å². The lowest BCUT2D eigenvalue weighted by Crippen LogP contribution is -2.34. The van der Waals surface area contributed by atoms with Crippen LogP contribution in [0.15, 0.2) is 18.2 Å². The van der Waals surface area contributed by atoms with E-state index >= 15 is 0 Å². The van der Waals surface area contributed by atoms with Crippen LogP contribution in [0.2, 0.25) is 0 Å². The van der Waals surface area contributed by atoms with Crippen molar-refractivity contribution < 1.29 is 9.59 Å². The molecule has 0 bridgehead atoms. The molecule has 0 fully saturated rings. The van der Waals surface area contributed by atoms with Crippen LogP contribution in [0, 0.1) is 25.2 Å². The van der Waals surface area contributed by atoms with Crippen molar-refractivity contribution in [3.05, 3.63) is 50.9 Å². The van der Waals surface area contributed by atoms with Crippen LogP contribution in [0.1, 0.15) is 69.5 Å². The number of benzene rings is 1. The van der Waals surface area contributed by atoms with Crippen LogP contribution in [-0.4, -0.2) is 16.9 Å². The van der Waals surface area contributed by atoms with Gasteiger partial charge in [0.2, 0.25) is 0 Å². The van der Waals surface area contributed by atoms with E-state index in [0.29, 0.717) is 22.0 Å². The number of carbonyl (C=O) groups excluding carboxylic acids is 2. The zero-order valence-electron chi connectivity index (χ0n) is 18.1. The Morgan fingerprint density at radius 1 is 1.23 bits per heavy atom. The molecule has 0 saturated carbocycles. The fraction of sp³-hybridized carbons (Fsp3) is 0.435. The number of thiocarbonyl (C=S) groups is 1. The first kappa shape index (κ1) is 22.4. The second-order valence-corrected chi connectivity index (χ2v) is 10.6. The van der Waals surface area contributed by atoms with Crippen LogP contribution >= 0.6 is 23.6 Å². The number of amides is 2. The van der Waals surface area contributed by atoms with E-state index in [1.807, 2.05) is 26.0 Å². The predicted octanol–water partition coefficient (Wildman–Crippen LogP) is 4.74. The fourth-order valence-corrected chi connectivity index (χ4v) is 5.64. The molecule has 160 valence electrons. The Morgan fingerprint density at radius 2 is 1.93 bits per heavy atom. The summed E-state index contributed by atoms with van der Waals surface area (Å²) in [5.41, 5.74) is 9.98. The van der Waals surface area contributed by atoms with Crippen molar-refractivity contribution in [1.29, 1.82) is 0 Å². The monoisotopic (exact) mass is 443 g/mol. The van der Waals surface area contributed by atoms with E-state index in [1.54, 1.807) is 6.07 Å². The van der Waals surface area contributed by atoms with E-state index in [9.17, 15) is 9.59 Å². The van der Waals surface area contributed by atoms with Crippen LogP contribution in [0.25, 0.3) is 0 Å². The third-order valence-electron chi connectivity index (χ3n) is 5.82. The average molecular weight is 444 g/mol. The maximum absolute atomic E-state index is 12.6. The summed E-state index contributed by atoms with van der Waals surface area (Å²) in [6.07, 6.45) is 2.78. The van der Waals surface area contributed by atoms with Gasteiger partial charge in [-0.3, -0.25) is 14.9 Å². The molecule has 1 aromatic carbocycles. The number of anilines is 1. The molecule has 0 radical (unpaired) electrons. The Morgan fingerprint density at radius 3 is 2.53 bits per heavy atom. The minimum Gasteiger partial charge on any atom is -0.365 e. The van der Waals surface area contributed by atoms with Crippen LogP contribution < -0.4 is 16.4 Å². The number of primary amides is 1. The number of nitrogens with two attached hydrogens (primary N) is 1. The molecule has 1 atom stereocenters. The summed E-state index contributed by atoms with van der Waals surface area (Å²) < 4.78 is 0. The van der Waals surface area contributed by atoms with E-state index in [2.05, 4.69) is 31.4 Å². The van der Waals surface area contributed by atoms with Gasteiger partial charge in [0.05, 0.1) is 5.56 Å². The molecule has 0 aliphatic heterocycles. The maximum Gasteiger partial charge on any atom is 0.257 e. The molecule has 1 heterocycles. The fourth-order valence-electron chi connectivity index (χ4n) is 4.05. The van der Waals surface area contributed by atoms with Gasteiger partial charge < -0.3 is 11.1 Å². The van der Waals surface area contributed by atoms with Gasteiger partial charge >= 0.3 is 0 Å². The number of hydrogen-bond donors (Lipinski definition) is 3. The van der Waals surface area contributed by atoms with Gasteiger partial charge in [-0.25, -0.2) is 0 Å². The van der Waals surface area contributed by atoms with Gasteiger partial charge in [0.1, 0.15) is 5.00 Å². The molecule has 30 heavy (non-hydrogen) atoms. The molecule has 0 saturated heterocycles. The summed E-state index contributed by atoms with van der Waals surface area (Å²) in [5, 5.41) is 6.55. The van der Waals surface area contributed by atoms with Crippen molar-refractivity contribution in [3.63, 3.8) is 0 Å². The summed E-state index contributed by atoms with van der Waals surface area (Å²) in [6.45, 7) is 10.6. The second-order valence-electron chi connectivity index (χ2n) is 9.10. The van der Waals surface area contributed by atoms with Gasteiger partial charge in [0.15, 0.2) is 5.11 Å². The summed E-state index contributed by atoms with van der Waals surface area (Å²) in [7, 11) is 0. The number of rotatable bonds is 3. The molecular formula is C23H29N3O2S2. The number of nitrogens with one attached hydrogen (secondary N) is 2. The second kappa shape index (κ2) is 8.47. The van der Waals surface area contributed by atoms with Gasteiger partial charge in [-0.15, -0.1) is 11.3 Å². The number of thiophene rings is 1. The largest absolute Gasteiger partial charge is 0.365 e. The molecular weight excluding hydrogens is 414 g/mol. The summed E-state index contributed by atoms with van der Waals surface area (Å²) in [4.78, 5) is 26.0. The minimum atomic E-state index is -0.465. The Hall–Kier alpha value is -2.25. The summed E-state index contributed by atoms with van der Waals surface area (Å²) in [5.74, 6) is -0.194. The smallest absolute Gasteiger partial charge is 0.257 e. The Kier molecular flexibility index (Phi) is 6.34. The molecule has 2 amide bonds. The zero-order valence-corrected chi connectivity index (χ0v) is 19.8. The number of carbonyl (C=O) groups is 2. The molecule has 7 heteroatoms. The molecule has 2 aromatic rings. The molecule has 1 aliphatic carbocycles. The summed E-state index contributed by atoms with van der Waals surface area (Å²) in [6, 6.07) is 5.63. The van der Waals surface area contributed by atoms with Crippen molar-refractivity contribution in [1.82, 2.24) is 5.32 Å². The molecule has 3 rings (SSSR count). The van der Waals surface area contributed by atoms with E-state index in [-0.39, 0.29) is 16.4 Å². The van der Waals surface area contributed by atoms with Gasteiger partial charge in [0, 0.05) is 10.4 Å². The van der Waals surface area contributed by atoms with Crippen molar-refractivity contribution in [2.75, 3.05) is 5.32 Å². The van der Waals surface area contributed by atoms with E-state index in [0.717, 1.165) is 36.0 Å². The van der Waals surface area contributed by atoms with Crippen LogP contribution in [0.5, 0.6) is 0 Å². The first-order valence-corrected chi connectivity index (χ1v) is 11.3. The first-order chi connectivity index (χ1) is 14.0. The highest BCUT2D eigenvalue weighted by Gasteiger charge is 2.33. The highest BCUT2D eigenvalue weighted by molar-refractivity contribution is 7.80. The normalized spacial score (nSPS) is 16.0. The zero-order chi connectivity index (χ0) is 22.2. The number of aryl methyl sites for hydroxylation is 2. The molecule has 1 aromatic heterocycles. The van der Waals surface area contributed by atoms with Gasteiger partial charge in [-0.2, -0.15) is 0 Å². The Bertz CT molecular complexity index is 1020. The lowest BCUT2D eigenvalue weighted by molar-refractivity contribution is 0.0975. The number of fused-ring (bicyclic) bond motifs is 1. The van der Waals surface area contributed by atoms with Gasteiger partial charge in [-0.05, 0) is 73.9 Å². The Labute approximate surface area is 187 Å². The van der Waals surface area contributed by atoms with Crippen molar-refractivity contribution in [2.45, 2.75) is 53.9 Å². The third-order valence-corrected chi connectivity index (χ3v) is 7.19. The standard InChI is InChI=1S/C23H29N3O2S2/c1-12-6-8-15(13(2)10-12)20(28)25-22(29)26-21-18(19(24)27)16-9-7-14(23(3,4)5)11-17(16)30-21/h6,8,10,14H,7,9,11H2,1-5H3,(H2,24,27)(H2,25,26,28,29). The SMILES string of the molecule is Cc1ccc(C(=O)NC(=S)Nc2sc3c(c2C(N)=O)CCC(C(C)(C)C)C3)c(C)c1. The third kappa shape index (κ3) is 4.73. The Balaban J connectivity index is 1.79. The lowest BCUT2D eigenvalue weighted by Gasteiger charge is -2.33. The quantitative estimate of drug-likeness (QED) is 0.598. The highest BCUT2D eigenvalue weighted by Crippen LogP contribution is 2.44. The predicted molar refractivity (Wildman–Crippen MR) is 127 cm³/mol. The van der Waals surface area contributed by atoms with Crippen LogP contribution in [-0.2, 0) is 12.8 Å². The molecule has 5 nitrogen and oxygen atoms in total. The lowest BCUT2D eigenvalue weighted by atomic mass is 9.72.